The van der Waals surface area contributed by atoms with E-state index in [0.717, 1.165) is 48.1 Å². The highest BCUT2D eigenvalue weighted by Crippen LogP contribution is 2.46. The summed E-state index contributed by atoms with van der Waals surface area (Å²) in [5.74, 6) is -0.826. The van der Waals surface area contributed by atoms with Crippen molar-refractivity contribution in [1.82, 2.24) is 14.9 Å². The van der Waals surface area contributed by atoms with Crippen molar-refractivity contribution in [1.29, 1.82) is 0 Å². The number of aromatic nitrogens is 2. The second kappa shape index (κ2) is 8.86. The van der Waals surface area contributed by atoms with Gasteiger partial charge in [-0.15, -0.1) is 22.7 Å². The summed E-state index contributed by atoms with van der Waals surface area (Å²) in [6.45, 7) is 0. The topological polar surface area (TPSA) is 111 Å². The summed E-state index contributed by atoms with van der Waals surface area (Å²) in [4.78, 5) is 43.7. The maximum atomic E-state index is 13.0. The predicted octanol–water partition coefficient (Wildman–Crippen LogP) is 5.04. The first-order valence-electron chi connectivity index (χ1n) is 11.8. The number of pyridine rings is 1. The quantitative estimate of drug-likeness (QED) is 0.368. The molecule has 2 N–H and O–H groups in total. The summed E-state index contributed by atoms with van der Waals surface area (Å²) in [7, 11) is 1.58. The van der Waals surface area contributed by atoms with Crippen molar-refractivity contribution in [3.05, 3.63) is 67.2 Å². The van der Waals surface area contributed by atoms with Crippen molar-refractivity contribution in [2.24, 2.45) is 0 Å². The monoisotopic (exact) mass is 521 g/mol. The van der Waals surface area contributed by atoms with Crippen LogP contribution in [-0.2, 0) is 6.42 Å². The van der Waals surface area contributed by atoms with Crippen LogP contribution in [0.4, 0.5) is 0 Å². The number of methoxy groups -OCH3 is 1. The second-order valence-corrected chi connectivity index (χ2v) is 11.1. The molecule has 1 amide bonds. The normalized spacial score (nSPS) is 17.1. The van der Waals surface area contributed by atoms with Crippen molar-refractivity contribution in [2.75, 3.05) is 7.11 Å². The number of carboxylic acid groups (broad SMARTS) is 1. The van der Waals surface area contributed by atoms with Crippen LogP contribution in [0.15, 0.2) is 40.8 Å². The molecule has 3 heterocycles. The third-order valence-electron chi connectivity index (χ3n) is 6.83. The number of hydrogen-bond acceptors (Lipinski definition) is 7. The third kappa shape index (κ3) is 3.81. The lowest BCUT2D eigenvalue weighted by atomic mass is 9.93. The molecule has 1 fully saturated rings. The zero-order valence-electron chi connectivity index (χ0n) is 19.4. The Hall–Kier alpha value is -3.50. The fourth-order valence-electron chi connectivity index (χ4n) is 5.01. The standard InChI is InChI=1S/C26H23N3O5S2/c1-34-23-14(7-8-15-21(23)29(13-5-6-13)12-17(22(15)30)26(32)33)20-11-16-18(3-2-4-19(16)36-20)28-24(31)25-27-9-10-35-25/h7-13,18H,2-6H2,1H3,(H,28,31)(H,32,33). The molecule has 0 bridgehead atoms. The average Bonchev–Trinajstić information content (AvgIpc) is 3.38. The fourth-order valence-corrected chi connectivity index (χ4v) is 6.83. The number of carbonyl (C=O) groups is 2. The van der Waals surface area contributed by atoms with Gasteiger partial charge < -0.3 is 19.7 Å². The van der Waals surface area contributed by atoms with E-state index in [4.69, 9.17) is 4.74 Å². The molecule has 8 nitrogen and oxygen atoms in total. The second-order valence-electron chi connectivity index (χ2n) is 9.10. The van der Waals surface area contributed by atoms with Crippen molar-refractivity contribution < 1.29 is 19.4 Å². The molecule has 1 saturated carbocycles. The van der Waals surface area contributed by atoms with Crippen molar-refractivity contribution in [3.8, 4) is 16.2 Å². The van der Waals surface area contributed by atoms with Gasteiger partial charge in [0, 0.05) is 39.1 Å². The number of hydrogen-bond donors (Lipinski definition) is 2. The van der Waals surface area contributed by atoms with Gasteiger partial charge in [-0.2, -0.15) is 0 Å². The minimum Gasteiger partial charge on any atom is -0.494 e. The average molecular weight is 522 g/mol. The molecule has 0 saturated heterocycles. The minimum absolute atomic E-state index is 0.0932. The molecule has 10 heteroatoms. The lowest BCUT2D eigenvalue weighted by Crippen LogP contribution is -2.30. The van der Waals surface area contributed by atoms with E-state index in [1.807, 2.05) is 10.6 Å². The molecule has 1 aromatic carbocycles. The van der Waals surface area contributed by atoms with Gasteiger partial charge in [0.1, 0.15) is 5.56 Å². The Morgan fingerprint density at radius 1 is 1.25 bits per heavy atom. The zero-order valence-corrected chi connectivity index (χ0v) is 21.1. The van der Waals surface area contributed by atoms with Gasteiger partial charge in [0.15, 0.2) is 10.8 Å². The van der Waals surface area contributed by atoms with Gasteiger partial charge in [-0.1, -0.05) is 0 Å². The maximum absolute atomic E-state index is 13.0. The molecular formula is C26H23N3O5S2. The van der Waals surface area contributed by atoms with Crippen LogP contribution < -0.4 is 15.5 Å². The van der Waals surface area contributed by atoms with Crippen molar-refractivity contribution in [3.63, 3.8) is 0 Å². The van der Waals surface area contributed by atoms with E-state index < -0.39 is 11.4 Å². The van der Waals surface area contributed by atoms with E-state index in [2.05, 4.69) is 16.4 Å². The highest BCUT2D eigenvalue weighted by atomic mass is 32.1. The van der Waals surface area contributed by atoms with Gasteiger partial charge in [-0.25, -0.2) is 9.78 Å². The van der Waals surface area contributed by atoms with Crippen LogP contribution in [-0.4, -0.2) is 33.6 Å². The van der Waals surface area contributed by atoms with E-state index in [1.54, 1.807) is 36.1 Å². The number of thiophene rings is 1. The Morgan fingerprint density at radius 3 is 2.78 bits per heavy atom. The van der Waals surface area contributed by atoms with Crippen molar-refractivity contribution >= 4 is 45.5 Å². The van der Waals surface area contributed by atoms with E-state index in [1.165, 1.54) is 22.4 Å². The molecule has 0 aliphatic heterocycles. The number of ether oxygens (including phenoxy) is 1. The molecule has 6 rings (SSSR count). The number of carboxylic acids is 1. The molecule has 0 radical (unpaired) electrons. The number of amides is 1. The molecule has 1 atom stereocenters. The van der Waals surface area contributed by atoms with Crippen LogP contribution in [0.2, 0.25) is 0 Å². The molecule has 3 aromatic heterocycles. The van der Waals surface area contributed by atoms with Gasteiger partial charge in [-0.05, 0) is 55.9 Å². The smallest absolute Gasteiger partial charge is 0.341 e. The number of benzene rings is 1. The first-order valence-corrected chi connectivity index (χ1v) is 13.5. The number of nitrogens with zero attached hydrogens (tertiary/aromatic N) is 2. The predicted molar refractivity (Wildman–Crippen MR) is 139 cm³/mol. The summed E-state index contributed by atoms with van der Waals surface area (Å²) in [5.41, 5.74) is 1.86. The van der Waals surface area contributed by atoms with E-state index in [-0.39, 0.29) is 23.6 Å². The number of nitrogens with one attached hydrogen (secondary N) is 1. The highest BCUT2D eigenvalue weighted by Gasteiger charge is 2.30. The van der Waals surface area contributed by atoms with Crippen molar-refractivity contribution in [2.45, 2.75) is 44.2 Å². The van der Waals surface area contributed by atoms with E-state index in [9.17, 15) is 19.5 Å². The van der Waals surface area contributed by atoms with Crippen LogP contribution in [0.25, 0.3) is 21.3 Å². The summed E-state index contributed by atoms with van der Waals surface area (Å²) in [5, 5.41) is 15.3. The summed E-state index contributed by atoms with van der Waals surface area (Å²) < 4.78 is 7.78. The molecule has 36 heavy (non-hydrogen) atoms. The number of rotatable bonds is 6. The molecule has 2 aliphatic rings. The zero-order chi connectivity index (χ0) is 25.0. The number of aromatic carboxylic acids is 1. The number of carbonyl (C=O) groups excluding carboxylic acids is 1. The molecule has 4 aromatic rings. The van der Waals surface area contributed by atoms with Gasteiger partial charge in [0.05, 0.1) is 24.1 Å². The van der Waals surface area contributed by atoms with Crippen LogP contribution in [0.5, 0.6) is 5.75 Å². The molecular weight excluding hydrogens is 498 g/mol. The largest absolute Gasteiger partial charge is 0.494 e. The summed E-state index contributed by atoms with van der Waals surface area (Å²) in [6, 6.07) is 5.72. The van der Waals surface area contributed by atoms with Gasteiger partial charge in [0.25, 0.3) is 5.91 Å². The molecule has 1 unspecified atom stereocenters. The first kappa shape index (κ1) is 22.9. The van der Waals surface area contributed by atoms with Crippen LogP contribution in [0.3, 0.4) is 0 Å². The fraction of sp³-hybridized carbons (Fsp3) is 0.308. The lowest BCUT2D eigenvalue weighted by molar-refractivity contribution is 0.0694. The van der Waals surface area contributed by atoms with Crippen LogP contribution >= 0.6 is 22.7 Å². The minimum atomic E-state index is -1.23. The molecule has 0 spiro atoms. The Morgan fingerprint density at radius 2 is 2.08 bits per heavy atom. The molecule has 184 valence electrons. The lowest BCUT2D eigenvalue weighted by Gasteiger charge is -2.23. The van der Waals surface area contributed by atoms with Gasteiger partial charge >= 0.3 is 5.97 Å². The number of aryl methyl sites for hydroxylation is 1. The van der Waals surface area contributed by atoms with Crippen LogP contribution in [0.1, 0.15) is 68.4 Å². The molecule has 2 aliphatic carbocycles. The third-order valence-corrected chi connectivity index (χ3v) is 8.85. The summed E-state index contributed by atoms with van der Waals surface area (Å²) >= 11 is 2.99. The number of fused-ring (bicyclic) bond motifs is 2. The summed E-state index contributed by atoms with van der Waals surface area (Å²) in [6.07, 6.45) is 7.71. The Balaban J connectivity index is 1.46. The Bertz CT molecular complexity index is 1570. The SMILES string of the molecule is COc1c(-c2cc3c(s2)CCCC3NC(=O)c2nccs2)ccc2c(=O)c(C(=O)O)cn(C3CC3)c12. The van der Waals surface area contributed by atoms with E-state index in [0.29, 0.717) is 21.7 Å². The number of thiazole rings is 1. The van der Waals surface area contributed by atoms with E-state index >= 15 is 0 Å². The first-order chi connectivity index (χ1) is 17.5. The highest BCUT2D eigenvalue weighted by molar-refractivity contribution is 7.15. The Kier molecular flexibility index (Phi) is 5.65. The van der Waals surface area contributed by atoms with Crippen LogP contribution in [0, 0.1) is 0 Å². The Labute approximate surface area is 214 Å². The maximum Gasteiger partial charge on any atom is 0.341 e. The van der Waals surface area contributed by atoms with Gasteiger partial charge in [0.2, 0.25) is 5.43 Å². The van der Waals surface area contributed by atoms with Gasteiger partial charge in [-0.3, -0.25) is 9.59 Å².